The van der Waals surface area contributed by atoms with E-state index >= 15 is 0 Å². The number of nitrogens with one attached hydrogen (secondary N) is 1. The second kappa shape index (κ2) is 8.64. The molecule has 0 fully saturated rings. The molecule has 1 aromatic heterocycles. The molecule has 0 aliphatic rings. The number of methoxy groups -OCH3 is 2. The lowest BCUT2D eigenvalue weighted by Crippen LogP contribution is -2.24. The monoisotopic (exact) mass is 386 g/mol. The van der Waals surface area contributed by atoms with E-state index in [1.165, 1.54) is 23.5 Å². The molecule has 27 heavy (non-hydrogen) atoms. The van der Waals surface area contributed by atoms with Crippen molar-refractivity contribution in [3.63, 3.8) is 0 Å². The Morgan fingerprint density at radius 1 is 1.15 bits per heavy atom. The summed E-state index contributed by atoms with van der Waals surface area (Å²) in [7, 11) is 3.14. The second-order valence-corrected chi connectivity index (χ2v) is 6.66. The second-order valence-electron chi connectivity index (χ2n) is 5.80. The Balaban J connectivity index is 1.59. The van der Waals surface area contributed by atoms with Gasteiger partial charge in [0.1, 0.15) is 10.8 Å². The number of thiazole rings is 1. The molecule has 5 nitrogen and oxygen atoms in total. The van der Waals surface area contributed by atoms with Crippen LogP contribution >= 0.6 is 11.3 Å². The number of carbonyl (C=O) groups is 1. The van der Waals surface area contributed by atoms with E-state index in [-0.39, 0.29) is 18.1 Å². The van der Waals surface area contributed by atoms with Gasteiger partial charge in [0.25, 0.3) is 0 Å². The van der Waals surface area contributed by atoms with Crippen molar-refractivity contribution in [2.45, 2.75) is 13.0 Å². The standard InChI is InChI=1S/C20H19FN2O3S/c1-25-17-7-6-13(8-18(17)26-2)11-22-19(24)10-16-12-27-20(23-16)14-4-3-5-15(21)9-14/h3-9,12H,10-11H2,1-2H3,(H,22,24). The number of nitrogens with zero attached hydrogens (tertiary/aromatic N) is 1. The third-order valence-corrected chi connectivity index (χ3v) is 4.84. The number of amides is 1. The van der Waals surface area contributed by atoms with Crippen LogP contribution < -0.4 is 14.8 Å². The van der Waals surface area contributed by atoms with Gasteiger partial charge in [-0.15, -0.1) is 11.3 Å². The molecule has 0 aliphatic carbocycles. The molecule has 3 rings (SSSR count). The van der Waals surface area contributed by atoms with Crippen LogP contribution in [0.1, 0.15) is 11.3 Å². The first kappa shape index (κ1) is 18.8. The van der Waals surface area contributed by atoms with Gasteiger partial charge in [0.15, 0.2) is 11.5 Å². The van der Waals surface area contributed by atoms with Gasteiger partial charge in [-0.2, -0.15) is 0 Å². The highest BCUT2D eigenvalue weighted by atomic mass is 32.1. The fraction of sp³-hybridized carbons (Fsp3) is 0.200. The highest BCUT2D eigenvalue weighted by Gasteiger charge is 2.10. The van der Waals surface area contributed by atoms with Gasteiger partial charge in [-0.1, -0.05) is 18.2 Å². The Kier molecular flexibility index (Phi) is 6.03. The molecular formula is C20H19FN2O3S. The van der Waals surface area contributed by atoms with Gasteiger partial charge in [0.2, 0.25) is 5.91 Å². The Morgan fingerprint density at radius 2 is 1.96 bits per heavy atom. The topological polar surface area (TPSA) is 60.5 Å². The Hall–Kier alpha value is -2.93. The summed E-state index contributed by atoms with van der Waals surface area (Å²) < 4.78 is 23.8. The van der Waals surface area contributed by atoms with Crippen LogP contribution in [0.25, 0.3) is 10.6 Å². The van der Waals surface area contributed by atoms with Crippen molar-refractivity contribution in [1.29, 1.82) is 0 Å². The van der Waals surface area contributed by atoms with E-state index in [1.807, 2.05) is 17.5 Å². The van der Waals surface area contributed by atoms with Gasteiger partial charge in [-0.3, -0.25) is 4.79 Å². The molecule has 0 aliphatic heterocycles. The minimum absolute atomic E-state index is 0.138. The van der Waals surface area contributed by atoms with E-state index < -0.39 is 0 Å². The van der Waals surface area contributed by atoms with Gasteiger partial charge in [0.05, 0.1) is 26.3 Å². The number of hydrogen-bond acceptors (Lipinski definition) is 5. The maximum Gasteiger partial charge on any atom is 0.226 e. The minimum Gasteiger partial charge on any atom is -0.493 e. The van der Waals surface area contributed by atoms with Crippen molar-refractivity contribution < 1.29 is 18.7 Å². The van der Waals surface area contributed by atoms with Crippen molar-refractivity contribution in [3.05, 3.63) is 64.9 Å². The first-order chi connectivity index (χ1) is 13.1. The summed E-state index contributed by atoms with van der Waals surface area (Å²) in [5.41, 5.74) is 2.26. The van der Waals surface area contributed by atoms with Crippen LogP contribution in [0.2, 0.25) is 0 Å². The molecule has 1 amide bonds. The van der Waals surface area contributed by atoms with E-state index in [1.54, 1.807) is 32.4 Å². The molecule has 3 aromatic rings. The number of aromatic nitrogens is 1. The van der Waals surface area contributed by atoms with E-state index in [0.29, 0.717) is 34.3 Å². The van der Waals surface area contributed by atoms with E-state index in [0.717, 1.165) is 5.56 Å². The van der Waals surface area contributed by atoms with E-state index in [2.05, 4.69) is 10.3 Å². The van der Waals surface area contributed by atoms with Crippen LogP contribution in [0.3, 0.4) is 0 Å². The summed E-state index contributed by atoms with van der Waals surface area (Å²) in [4.78, 5) is 16.6. The summed E-state index contributed by atoms with van der Waals surface area (Å²) in [6, 6.07) is 11.7. The first-order valence-electron chi connectivity index (χ1n) is 8.27. The van der Waals surface area contributed by atoms with Gasteiger partial charge in [0, 0.05) is 17.5 Å². The molecule has 0 radical (unpaired) electrons. The number of halogens is 1. The largest absolute Gasteiger partial charge is 0.493 e. The third-order valence-electron chi connectivity index (χ3n) is 3.90. The van der Waals surface area contributed by atoms with Crippen LogP contribution in [-0.2, 0) is 17.8 Å². The molecule has 0 saturated heterocycles. The maximum absolute atomic E-state index is 13.3. The highest BCUT2D eigenvalue weighted by molar-refractivity contribution is 7.13. The summed E-state index contributed by atoms with van der Waals surface area (Å²) >= 11 is 1.39. The Morgan fingerprint density at radius 3 is 2.70 bits per heavy atom. The van der Waals surface area contributed by atoms with Gasteiger partial charge in [-0.05, 0) is 29.8 Å². The molecular weight excluding hydrogens is 367 g/mol. The number of benzene rings is 2. The van der Waals surface area contributed by atoms with Crippen LogP contribution in [0.5, 0.6) is 11.5 Å². The normalized spacial score (nSPS) is 10.5. The van der Waals surface area contributed by atoms with Crippen molar-refractivity contribution in [3.8, 4) is 22.1 Å². The number of carbonyl (C=O) groups excluding carboxylic acids is 1. The number of ether oxygens (including phenoxy) is 2. The van der Waals surface area contributed by atoms with Crippen molar-refractivity contribution in [2.24, 2.45) is 0 Å². The average Bonchev–Trinajstić information content (AvgIpc) is 3.14. The fourth-order valence-corrected chi connectivity index (χ4v) is 3.38. The van der Waals surface area contributed by atoms with Crippen LogP contribution in [-0.4, -0.2) is 25.1 Å². The quantitative estimate of drug-likeness (QED) is 0.671. The van der Waals surface area contributed by atoms with Crippen molar-refractivity contribution >= 4 is 17.2 Å². The van der Waals surface area contributed by atoms with Crippen molar-refractivity contribution in [2.75, 3.05) is 14.2 Å². The lowest BCUT2D eigenvalue weighted by molar-refractivity contribution is -0.120. The molecule has 0 atom stereocenters. The molecule has 0 unspecified atom stereocenters. The predicted octanol–water partition coefficient (Wildman–Crippen LogP) is 3.83. The van der Waals surface area contributed by atoms with Gasteiger partial charge < -0.3 is 14.8 Å². The maximum atomic E-state index is 13.3. The molecule has 1 N–H and O–H groups in total. The molecule has 7 heteroatoms. The van der Waals surface area contributed by atoms with Crippen LogP contribution in [0, 0.1) is 5.82 Å². The predicted molar refractivity (Wildman–Crippen MR) is 103 cm³/mol. The Labute approximate surface area is 160 Å². The number of hydrogen-bond donors (Lipinski definition) is 1. The molecule has 1 heterocycles. The lowest BCUT2D eigenvalue weighted by Gasteiger charge is -2.10. The minimum atomic E-state index is -0.308. The summed E-state index contributed by atoms with van der Waals surface area (Å²) in [5, 5.41) is 5.37. The zero-order chi connectivity index (χ0) is 19.2. The summed E-state index contributed by atoms with van der Waals surface area (Å²) in [5.74, 6) is 0.807. The molecule has 140 valence electrons. The van der Waals surface area contributed by atoms with Gasteiger partial charge >= 0.3 is 0 Å². The summed E-state index contributed by atoms with van der Waals surface area (Å²) in [6.07, 6.45) is 0.166. The van der Waals surface area contributed by atoms with E-state index in [4.69, 9.17) is 9.47 Å². The first-order valence-corrected chi connectivity index (χ1v) is 9.15. The summed E-state index contributed by atoms with van der Waals surface area (Å²) in [6.45, 7) is 0.375. The van der Waals surface area contributed by atoms with Crippen LogP contribution in [0.4, 0.5) is 4.39 Å². The molecule has 2 aromatic carbocycles. The highest BCUT2D eigenvalue weighted by Crippen LogP contribution is 2.27. The zero-order valence-corrected chi connectivity index (χ0v) is 15.8. The molecule has 0 bridgehead atoms. The molecule has 0 spiro atoms. The molecule has 0 saturated carbocycles. The van der Waals surface area contributed by atoms with Gasteiger partial charge in [-0.25, -0.2) is 9.37 Å². The fourth-order valence-electron chi connectivity index (χ4n) is 2.56. The third kappa shape index (κ3) is 4.83. The zero-order valence-electron chi connectivity index (χ0n) is 15.0. The lowest BCUT2D eigenvalue weighted by atomic mass is 10.2. The van der Waals surface area contributed by atoms with E-state index in [9.17, 15) is 9.18 Å². The van der Waals surface area contributed by atoms with Crippen molar-refractivity contribution in [1.82, 2.24) is 10.3 Å². The number of rotatable bonds is 7. The average molecular weight is 386 g/mol. The SMILES string of the molecule is COc1ccc(CNC(=O)Cc2csc(-c3cccc(F)c3)n2)cc1OC. The smallest absolute Gasteiger partial charge is 0.226 e. The van der Waals surface area contributed by atoms with Crippen LogP contribution in [0.15, 0.2) is 47.8 Å². The Bertz CT molecular complexity index is 942.